The molecule has 2 saturated heterocycles. The maximum Gasteiger partial charge on any atom is 0.195 e. The number of allylic oxidation sites excluding steroid dienone is 1. The average Bonchev–Trinajstić information content (AvgIpc) is 2.86. The van der Waals surface area contributed by atoms with Crippen molar-refractivity contribution in [3.63, 3.8) is 0 Å². The molecule has 2 aliphatic heterocycles. The minimum Gasteiger partial charge on any atom is -0.389 e. The monoisotopic (exact) mass is 294 g/mol. The molecule has 0 unspecified atom stereocenters. The smallest absolute Gasteiger partial charge is 0.195 e. The summed E-state index contributed by atoms with van der Waals surface area (Å²) < 4.78 is 13.0. The van der Waals surface area contributed by atoms with Gasteiger partial charge in [0.05, 0.1) is 11.5 Å². The quantitative estimate of drug-likeness (QED) is 0.729. The largest absolute Gasteiger partial charge is 0.389 e. The van der Waals surface area contributed by atoms with Crippen molar-refractivity contribution >= 4 is 14.1 Å². The molecule has 3 aliphatic rings. The van der Waals surface area contributed by atoms with E-state index in [2.05, 4.69) is 40.8 Å². The summed E-state index contributed by atoms with van der Waals surface area (Å²) in [6.45, 7) is 13.3. The molecule has 0 amide bonds. The summed E-state index contributed by atoms with van der Waals surface area (Å²) in [4.78, 5) is 12.3. The van der Waals surface area contributed by atoms with Crippen molar-refractivity contribution in [2.75, 3.05) is 0 Å². The zero-order valence-corrected chi connectivity index (χ0v) is 14.4. The number of fused-ring (bicyclic) bond motifs is 5. The van der Waals surface area contributed by atoms with Crippen molar-refractivity contribution in [2.45, 2.75) is 70.1 Å². The van der Waals surface area contributed by atoms with Gasteiger partial charge < -0.3 is 9.16 Å². The van der Waals surface area contributed by atoms with Crippen LogP contribution in [0.5, 0.6) is 0 Å². The van der Waals surface area contributed by atoms with E-state index in [1.807, 2.05) is 6.08 Å². The first-order valence-electron chi connectivity index (χ1n) is 7.63. The predicted molar refractivity (Wildman–Crippen MR) is 80.9 cm³/mol. The lowest BCUT2D eigenvalue weighted by Gasteiger charge is -2.44. The fraction of sp³-hybridized carbons (Fsp3) is 0.812. The van der Waals surface area contributed by atoms with Gasteiger partial charge in [-0.1, -0.05) is 26.8 Å². The summed E-state index contributed by atoms with van der Waals surface area (Å²) in [5.41, 5.74) is -0.213. The van der Waals surface area contributed by atoms with Gasteiger partial charge in [-0.05, 0) is 37.6 Å². The summed E-state index contributed by atoms with van der Waals surface area (Å²) in [7, 11) is -1.96. The molecule has 1 aliphatic carbocycles. The number of ketones is 1. The lowest BCUT2D eigenvalue weighted by Crippen LogP contribution is -2.53. The molecule has 20 heavy (non-hydrogen) atoms. The van der Waals surface area contributed by atoms with Crippen molar-refractivity contribution in [1.82, 2.24) is 0 Å². The fourth-order valence-corrected chi connectivity index (χ4v) is 5.17. The molecule has 0 saturated carbocycles. The molecule has 3 rings (SSSR count). The van der Waals surface area contributed by atoms with Crippen LogP contribution in [0.25, 0.3) is 0 Å². The highest BCUT2D eigenvalue weighted by molar-refractivity contribution is 6.74. The van der Waals surface area contributed by atoms with Gasteiger partial charge in [-0.25, -0.2) is 0 Å². The zero-order valence-electron chi connectivity index (χ0n) is 13.4. The second kappa shape index (κ2) is 3.84. The molecule has 0 spiro atoms. The Balaban J connectivity index is 1.95. The molecule has 0 N–H and O–H groups in total. The summed E-state index contributed by atoms with van der Waals surface area (Å²) in [6.07, 6.45) is 5.62. The van der Waals surface area contributed by atoms with Gasteiger partial charge in [0.2, 0.25) is 0 Å². The molecule has 2 heterocycles. The molecule has 0 radical (unpaired) electrons. The Morgan fingerprint density at radius 3 is 2.60 bits per heavy atom. The van der Waals surface area contributed by atoms with Crippen molar-refractivity contribution in [3.8, 4) is 0 Å². The van der Waals surface area contributed by atoms with Crippen LogP contribution in [-0.4, -0.2) is 25.5 Å². The number of hydrogen-bond acceptors (Lipinski definition) is 3. The van der Waals surface area contributed by atoms with Gasteiger partial charge in [0, 0.05) is 12.3 Å². The lowest BCUT2D eigenvalue weighted by atomic mass is 9.72. The van der Waals surface area contributed by atoms with E-state index in [1.165, 1.54) is 0 Å². The molecule has 0 aromatic rings. The van der Waals surface area contributed by atoms with Crippen LogP contribution in [0.15, 0.2) is 12.2 Å². The Hall–Kier alpha value is -0.453. The van der Waals surface area contributed by atoms with E-state index < -0.39 is 14.1 Å². The number of carbonyl (C=O) groups is 1. The van der Waals surface area contributed by atoms with Crippen LogP contribution in [0, 0.1) is 11.8 Å². The van der Waals surface area contributed by atoms with E-state index in [0.29, 0.717) is 0 Å². The van der Waals surface area contributed by atoms with Crippen LogP contribution in [0.2, 0.25) is 18.1 Å². The zero-order chi connectivity index (χ0) is 15.0. The molecule has 4 atom stereocenters. The fourth-order valence-electron chi connectivity index (χ4n) is 3.73. The SMILES string of the molecule is CC(C)(C)[Si](C)(C)O[C@@]12CC[C@@](C)(O1)[C@H]1C=CC(=O)[C@H]12. The first-order valence-corrected chi connectivity index (χ1v) is 10.5. The van der Waals surface area contributed by atoms with Crippen LogP contribution in [0.1, 0.15) is 40.5 Å². The van der Waals surface area contributed by atoms with E-state index in [4.69, 9.17) is 9.16 Å². The minimum absolute atomic E-state index is 0.115. The Bertz CT molecular complexity index is 490. The van der Waals surface area contributed by atoms with Gasteiger partial charge in [0.25, 0.3) is 0 Å². The van der Waals surface area contributed by atoms with E-state index >= 15 is 0 Å². The maximum absolute atomic E-state index is 12.3. The van der Waals surface area contributed by atoms with Crippen molar-refractivity contribution in [1.29, 1.82) is 0 Å². The molecular formula is C16H26O3Si. The Morgan fingerprint density at radius 1 is 1.35 bits per heavy atom. The van der Waals surface area contributed by atoms with Gasteiger partial charge >= 0.3 is 0 Å². The van der Waals surface area contributed by atoms with Gasteiger partial charge in [0.15, 0.2) is 19.9 Å². The molecule has 3 nitrogen and oxygen atoms in total. The normalized spacial score (nSPS) is 43.4. The van der Waals surface area contributed by atoms with E-state index in [1.54, 1.807) is 6.08 Å². The highest BCUT2D eigenvalue weighted by Gasteiger charge is 2.69. The van der Waals surface area contributed by atoms with Crippen LogP contribution >= 0.6 is 0 Å². The third-order valence-electron chi connectivity index (χ3n) is 5.92. The third kappa shape index (κ3) is 1.74. The highest BCUT2D eigenvalue weighted by atomic mass is 28.4. The summed E-state index contributed by atoms with van der Waals surface area (Å²) >= 11 is 0. The minimum atomic E-state index is -1.96. The highest BCUT2D eigenvalue weighted by Crippen LogP contribution is 2.62. The van der Waals surface area contributed by atoms with E-state index in [9.17, 15) is 4.79 Å². The van der Waals surface area contributed by atoms with E-state index in [-0.39, 0.29) is 28.3 Å². The Kier molecular flexibility index (Phi) is 2.78. The number of ether oxygens (including phenoxy) is 1. The summed E-state index contributed by atoms with van der Waals surface area (Å²) in [6, 6.07) is 0. The maximum atomic E-state index is 12.3. The lowest BCUT2D eigenvalue weighted by molar-refractivity contribution is -0.185. The summed E-state index contributed by atoms with van der Waals surface area (Å²) in [5, 5.41) is 0.122. The molecule has 2 fully saturated rings. The third-order valence-corrected chi connectivity index (χ3v) is 10.4. The molecule has 0 aromatic carbocycles. The first kappa shape index (κ1) is 14.5. The topological polar surface area (TPSA) is 35.5 Å². The van der Waals surface area contributed by atoms with Gasteiger partial charge in [-0.15, -0.1) is 0 Å². The standard InChI is InChI=1S/C16H26O3Si/c1-14(2,3)20(5,6)19-16-10-9-15(4,18-16)11-7-8-12(17)13(11)16/h7-8,11,13H,9-10H2,1-6H3/t11-,13-,15+,16+/m0/s1. The second-order valence-corrected chi connectivity index (χ2v) is 13.1. The van der Waals surface area contributed by atoms with Crippen LogP contribution < -0.4 is 0 Å². The summed E-state index contributed by atoms with van der Waals surface area (Å²) in [5.74, 6) is -0.385. The molecular weight excluding hydrogens is 268 g/mol. The Morgan fingerprint density at radius 2 is 2.00 bits per heavy atom. The van der Waals surface area contributed by atoms with E-state index in [0.717, 1.165) is 12.8 Å². The van der Waals surface area contributed by atoms with Crippen molar-refractivity contribution < 1.29 is 14.0 Å². The van der Waals surface area contributed by atoms with Gasteiger partial charge in [-0.3, -0.25) is 4.79 Å². The van der Waals surface area contributed by atoms with Crippen molar-refractivity contribution in [2.24, 2.45) is 11.8 Å². The van der Waals surface area contributed by atoms with Crippen molar-refractivity contribution in [3.05, 3.63) is 12.2 Å². The first-order chi connectivity index (χ1) is 9.01. The number of carbonyl (C=O) groups excluding carboxylic acids is 1. The van der Waals surface area contributed by atoms with Crippen LogP contribution in [0.4, 0.5) is 0 Å². The second-order valence-electron chi connectivity index (χ2n) is 8.35. The van der Waals surface area contributed by atoms with Crippen LogP contribution in [-0.2, 0) is 14.0 Å². The number of rotatable bonds is 2. The van der Waals surface area contributed by atoms with Gasteiger partial charge in [-0.2, -0.15) is 0 Å². The molecule has 2 bridgehead atoms. The molecule has 0 aromatic heterocycles. The molecule has 112 valence electrons. The predicted octanol–water partition coefficient (Wildman–Crippen LogP) is 3.66. The number of hydrogen-bond donors (Lipinski definition) is 0. The van der Waals surface area contributed by atoms with Crippen LogP contribution in [0.3, 0.4) is 0 Å². The average molecular weight is 294 g/mol. The molecule has 4 heteroatoms. The van der Waals surface area contributed by atoms with Gasteiger partial charge in [0.1, 0.15) is 0 Å². The Labute approximate surface area is 122 Å².